The molecule has 0 bridgehead atoms. The van der Waals surface area contributed by atoms with Crippen LogP contribution in [0.25, 0.3) is 0 Å². The van der Waals surface area contributed by atoms with Crippen LogP contribution in [0.2, 0.25) is 18.1 Å². The number of anilines is 1. The quantitative estimate of drug-likeness (QED) is 0.786. The van der Waals surface area contributed by atoms with Crippen LogP contribution in [0.4, 0.5) is 18.9 Å². The van der Waals surface area contributed by atoms with E-state index in [9.17, 15) is 13.2 Å². The molecule has 1 aromatic rings. The third-order valence-electron chi connectivity index (χ3n) is 3.53. The fraction of sp³-hybridized carbons (Fsp3) is 0.571. The summed E-state index contributed by atoms with van der Waals surface area (Å²) in [6.07, 6.45) is -4.21. The maximum Gasteiger partial charge on any atom is 0.405 e. The van der Waals surface area contributed by atoms with Crippen molar-refractivity contribution in [1.29, 1.82) is 0 Å². The Labute approximate surface area is 119 Å². The van der Waals surface area contributed by atoms with E-state index in [1.54, 1.807) is 24.3 Å². The van der Waals surface area contributed by atoms with Gasteiger partial charge in [0.1, 0.15) is 12.3 Å². The first-order valence-electron chi connectivity index (χ1n) is 6.50. The number of rotatable bonds is 4. The summed E-state index contributed by atoms with van der Waals surface area (Å²) >= 11 is 0. The molecule has 0 atom stereocenters. The normalized spacial score (nSPS) is 13.2. The highest BCUT2D eigenvalue weighted by molar-refractivity contribution is 6.74. The van der Waals surface area contributed by atoms with Gasteiger partial charge < -0.3 is 9.74 Å². The van der Waals surface area contributed by atoms with E-state index in [-0.39, 0.29) is 5.04 Å². The molecule has 0 aliphatic heterocycles. The zero-order chi connectivity index (χ0) is 15.6. The molecule has 0 radical (unpaired) electrons. The minimum Gasteiger partial charge on any atom is -0.544 e. The predicted molar refractivity (Wildman–Crippen MR) is 78.8 cm³/mol. The molecule has 0 aliphatic rings. The molecule has 1 rings (SSSR count). The van der Waals surface area contributed by atoms with Crippen molar-refractivity contribution in [3.05, 3.63) is 24.3 Å². The maximum absolute atomic E-state index is 12.1. The molecule has 0 fully saturated rings. The molecule has 0 aliphatic carbocycles. The molecule has 6 heteroatoms. The smallest absolute Gasteiger partial charge is 0.405 e. The molecule has 0 aromatic heterocycles. The highest BCUT2D eigenvalue weighted by atomic mass is 28.4. The number of hydrogen-bond donors (Lipinski definition) is 1. The Bertz CT molecular complexity index is 435. The number of halogens is 3. The molecule has 0 saturated heterocycles. The molecular formula is C14H22F3NOSi. The summed E-state index contributed by atoms with van der Waals surface area (Å²) in [5.74, 6) is 0.703. The summed E-state index contributed by atoms with van der Waals surface area (Å²) in [7, 11) is -1.91. The minimum absolute atomic E-state index is 0.0835. The van der Waals surface area contributed by atoms with E-state index in [1.807, 2.05) is 0 Å². The molecule has 1 aromatic carbocycles. The van der Waals surface area contributed by atoms with Crippen LogP contribution >= 0.6 is 0 Å². The van der Waals surface area contributed by atoms with Crippen molar-refractivity contribution in [1.82, 2.24) is 0 Å². The van der Waals surface area contributed by atoms with Crippen LogP contribution in [0.5, 0.6) is 5.75 Å². The lowest BCUT2D eigenvalue weighted by Gasteiger charge is -2.36. The van der Waals surface area contributed by atoms with Crippen LogP contribution in [-0.4, -0.2) is 21.0 Å². The Morgan fingerprint density at radius 2 is 1.55 bits per heavy atom. The van der Waals surface area contributed by atoms with Gasteiger partial charge in [-0.05, 0) is 42.4 Å². The summed E-state index contributed by atoms with van der Waals surface area (Å²) in [6, 6.07) is 6.63. The Hall–Kier alpha value is -1.17. The van der Waals surface area contributed by atoms with E-state index >= 15 is 0 Å². The molecule has 0 amide bonds. The van der Waals surface area contributed by atoms with Crippen molar-refractivity contribution in [2.75, 3.05) is 11.9 Å². The average Bonchev–Trinajstić information content (AvgIpc) is 2.25. The second-order valence-corrected chi connectivity index (χ2v) is 11.1. The maximum atomic E-state index is 12.1. The number of hydrogen-bond acceptors (Lipinski definition) is 2. The fourth-order valence-electron chi connectivity index (χ4n) is 1.29. The van der Waals surface area contributed by atoms with Crippen molar-refractivity contribution in [2.45, 2.75) is 45.1 Å². The molecule has 0 unspecified atom stereocenters. The monoisotopic (exact) mass is 305 g/mol. The summed E-state index contributed by atoms with van der Waals surface area (Å²) < 4.78 is 42.3. The zero-order valence-electron chi connectivity index (χ0n) is 12.6. The first-order chi connectivity index (χ1) is 8.91. The van der Waals surface area contributed by atoms with Gasteiger partial charge in [0, 0.05) is 5.69 Å². The van der Waals surface area contributed by atoms with Gasteiger partial charge in [0.15, 0.2) is 0 Å². The van der Waals surface area contributed by atoms with E-state index in [2.05, 4.69) is 39.2 Å². The van der Waals surface area contributed by atoms with Gasteiger partial charge in [-0.2, -0.15) is 13.2 Å². The van der Waals surface area contributed by atoms with E-state index in [0.717, 1.165) is 0 Å². The molecular weight excluding hydrogens is 283 g/mol. The van der Waals surface area contributed by atoms with Crippen molar-refractivity contribution in [3.63, 3.8) is 0 Å². The molecule has 0 spiro atoms. The van der Waals surface area contributed by atoms with Gasteiger partial charge in [0.25, 0.3) is 0 Å². The lowest BCUT2D eigenvalue weighted by atomic mass is 10.2. The van der Waals surface area contributed by atoms with Crippen molar-refractivity contribution in [3.8, 4) is 5.75 Å². The molecule has 1 N–H and O–H groups in total. The van der Waals surface area contributed by atoms with E-state index < -0.39 is 21.0 Å². The van der Waals surface area contributed by atoms with E-state index in [4.69, 9.17) is 4.43 Å². The second-order valence-electron chi connectivity index (χ2n) is 6.36. The molecule has 2 nitrogen and oxygen atoms in total. The van der Waals surface area contributed by atoms with Crippen LogP contribution in [0, 0.1) is 0 Å². The van der Waals surface area contributed by atoms with Gasteiger partial charge in [0.2, 0.25) is 8.32 Å². The first-order valence-corrected chi connectivity index (χ1v) is 9.41. The lowest BCUT2D eigenvalue weighted by molar-refractivity contribution is -0.115. The SMILES string of the molecule is CC(C)(C)[Si](C)(C)Oc1ccc(NCC(F)(F)F)cc1. The Balaban J connectivity index is 2.68. The topological polar surface area (TPSA) is 21.3 Å². The highest BCUT2D eigenvalue weighted by Crippen LogP contribution is 2.37. The van der Waals surface area contributed by atoms with Crippen molar-refractivity contribution < 1.29 is 17.6 Å². The van der Waals surface area contributed by atoms with Gasteiger partial charge in [-0.25, -0.2) is 0 Å². The Morgan fingerprint density at radius 1 is 1.05 bits per heavy atom. The van der Waals surface area contributed by atoms with Gasteiger partial charge in [0.05, 0.1) is 0 Å². The highest BCUT2D eigenvalue weighted by Gasteiger charge is 2.38. The van der Waals surface area contributed by atoms with E-state index in [1.165, 1.54) is 0 Å². The average molecular weight is 305 g/mol. The Morgan fingerprint density at radius 3 is 1.95 bits per heavy atom. The standard InChI is InChI=1S/C14H22F3NOSi/c1-13(2,3)20(4,5)19-12-8-6-11(7-9-12)18-10-14(15,16)17/h6-9,18H,10H2,1-5H3. The molecule has 0 heterocycles. The van der Waals surface area contributed by atoms with Gasteiger partial charge in [-0.1, -0.05) is 20.8 Å². The Kier molecular flexibility index (Phi) is 4.79. The van der Waals surface area contributed by atoms with Gasteiger partial charge in [-0.15, -0.1) is 0 Å². The predicted octanol–water partition coefficient (Wildman–Crippen LogP) is 5.04. The van der Waals surface area contributed by atoms with Crippen LogP contribution in [0.15, 0.2) is 24.3 Å². The third-order valence-corrected chi connectivity index (χ3v) is 7.88. The minimum atomic E-state index is -4.21. The number of alkyl halides is 3. The lowest BCUT2D eigenvalue weighted by Crippen LogP contribution is -2.43. The molecule has 114 valence electrons. The van der Waals surface area contributed by atoms with E-state index in [0.29, 0.717) is 11.4 Å². The summed E-state index contributed by atoms with van der Waals surface area (Å²) in [5.41, 5.74) is 0.435. The zero-order valence-corrected chi connectivity index (χ0v) is 13.6. The summed E-state index contributed by atoms with van der Waals surface area (Å²) in [6.45, 7) is 9.64. The number of nitrogens with one attached hydrogen (secondary N) is 1. The van der Waals surface area contributed by atoms with Crippen molar-refractivity contribution >= 4 is 14.0 Å². The van der Waals surface area contributed by atoms with Gasteiger partial charge >= 0.3 is 6.18 Å². The van der Waals surface area contributed by atoms with Crippen LogP contribution in [-0.2, 0) is 0 Å². The second kappa shape index (κ2) is 5.67. The number of benzene rings is 1. The molecule has 0 saturated carbocycles. The van der Waals surface area contributed by atoms with Crippen molar-refractivity contribution in [2.24, 2.45) is 0 Å². The molecule has 20 heavy (non-hydrogen) atoms. The third kappa shape index (κ3) is 5.07. The summed E-state index contributed by atoms with van der Waals surface area (Å²) in [4.78, 5) is 0. The van der Waals surface area contributed by atoms with Crippen LogP contribution < -0.4 is 9.74 Å². The fourth-order valence-corrected chi connectivity index (χ4v) is 2.32. The first kappa shape index (κ1) is 16.9. The van der Waals surface area contributed by atoms with Gasteiger partial charge in [-0.3, -0.25) is 0 Å². The van der Waals surface area contributed by atoms with Crippen LogP contribution in [0.1, 0.15) is 20.8 Å². The summed E-state index contributed by atoms with van der Waals surface area (Å²) in [5, 5.41) is 2.42. The van der Waals surface area contributed by atoms with Crippen LogP contribution in [0.3, 0.4) is 0 Å². The largest absolute Gasteiger partial charge is 0.544 e.